The second kappa shape index (κ2) is 6.60. The van der Waals surface area contributed by atoms with Gasteiger partial charge >= 0.3 is 0 Å². The van der Waals surface area contributed by atoms with Gasteiger partial charge in [0.05, 0.1) is 5.02 Å². The third-order valence-electron chi connectivity index (χ3n) is 2.87. The molecule has 2 atom stereocenters. The summed E-state index contributed by atoms with van der Waals surface area (Å²) in [5.74, 6) is 0.514. The van der Waals surface area contributed by atoms with Gasteiger partial charge in [-0.3, -0.25) is 0 Å². The van der Waals surface area contributed by atoms with E-state index in [1.807, 2.05) is 7.05 Å². The van der Waals surface area contributed by atoms with Crippen molar-refractivity contribution in [3.63, 3.8) is 0 Å². The van der Waals surface area contributed by atoms with Crippen molar-refractivity contribution in [2.75, 3.05) is 20.8 Å². The van der Waals surface area contributed by atoms with E-state index in [4.69, 9.17) is 16.3 Å². The molecule has 4 heteroatoms. The SMILES string of the molecule is CNC(c1scc(C)c1Cl)C(C)CCOC. The highest BCUT2D eigenvalue weighted by molar-refractivity contribution is 7.10. The van der Waals surface area contributed by atoms with Crippen LogP contribution in [0.3, 0.4) is 0 Å². The Hall–Kier alpha value is -0.0900. The molecule has 0 amide bonds. The lowest BCUT2D eigenvalue weighted by Gasteiger charge is -2.22. The number of thiophene rings is 1. The van der Waals surface area contributed by atoms with Crippen LogP contribution in [0.25, 0.3) is 0 Å². The van der Waals surface area contributed by atoms with E-state index in [1.54, 1.807) is 18.4 Å². The van der Waals surface area contributed by atoms with E-state index < -0.39 is 0 Å². The molecule has 16 heavy (non-hydrogen) atoms. The molecule has 2 unspecified atom stereocenters. The van der Waals surface area contributed by atoms with Crippen LogP contribution in [0.2, 0.25) is 5.02 Å². The average Bonchev–Trinajstić information content (AvgIpc) is 2.59. The van der Waals surface area contributed by atoms with Crippen molar-refractivity contribution < 1.29 is 4.74 Å². The molecule has 92 valence electrons. The van der Waals surface area contributed by atoms with Crippen LogP contribution in [0, 0.1) is 12.8 Å². The molecule has 0 spiro atoms. The summed E-state index contributed by atoms with van der Waals surface area (Å²) in [7, 11) is 3.72. The van der Waals surface area contributed by atoms with E-state index in [2.05, 4.69) is 24.5 Å². The van der Waals surface area contributed by atoms with Crippen LogP contribution >= 0.6 is 22.9 Å². The first-order valence-electron chi connectivity index (χ1n) is 5.51. The number of nitrogens with one attached hydrogen (secondary N) is 1. The Morgan fingerprint density at radius 2 is 2.25 bits per heavy atom. The molecule has 0 aliphatic heterocycles. The molecule has 0 radical (unpaired) electrons. The summed E-state index contributed by atoms with van der Waals surface area (Å²) in [6.45, 7) is 5.07. The van der Waals surface area contributed by atoms with Gasteiger partial charge in [-0.05, 0) is 37.3 Å². The summed E-state index contributed by atoms with van der Waals surface area (Å²) in [5.41, 5.74) is 1.17. The number of ether oxygens (including phenoxy) is 1. The molecule has 1 aromatic heterocycles. The monoisotopic (exact) mass is 261 g/mol. The van der Waals surface area contributed by atoms with Crippen molar-refractivity contribution in [2.45, 2.75) is 26.3 Å². The second-order valence-electron chi connectivity index (χ2n) is 4.12. The predicted octanol–water partition coefficient (Wildman–Crippen LogP) is 3.64. The quantitative estimate of drug-likeness (QED) is 0.844. The van der Waals surface area contributed by atoms with E-state index >= 15 is 0 Å². The van der Waals surface area contributed by atoms with E-state index in [-0.39, 0.29) is 0 Å². The topological polar surface area (TPSA) is 21.3 Å². The van der Waals surface area contributed by atoms with Crippen LogP contribution in [0.1, 0.15) is 29.8 Å². The molecule has 0 aliphatic carbocycles. The maximum Gasteiger partial charge on any atom is 0.0590 e. The summed E-state index contributed by atoms with van der Waals surface area (Å²) in [6, 6.07) is 0.321. The fourth-order valence-electron chi connectivity index (χ4n) is 1.80. The van der Waals surface area contributed by atoms with Gasteiger partial charge in [-0.2, -0.15) is 0 Å². The van der Waals surface area contributed by atoms with Crippen LogP contribution in [0.4, 0.5) is 0 Å². The Kier molecular flexibility index (Phi) is 5.76. The third-order valence-corrected chi connectivity index (χ3v) is 4.66. The summed E-state index contributed by atoms with van der Waals surface area (Å²) < 4.78 is 5.12. The highest BCUT2D eigenvalue weighted by atomic mass is 35.5. The van der Waals surface area contributed by atoms with Gasteiger partial charge < -0.3 is 10.1 Å². The van der Waals surface area contributed by atoms with Crippen LogP contribution in [0.5, 0.6) is 0 Å². The molecule has 1 rings (SSSR count). The predicted molar refractivity (Wildman–Crippen MR) is 71.5 cm³/mol. The summed E-state index contributed by atoms with van der Waals surface area (Å²) in [5, 5.41) is 6.38. The van der Waals surface area contributed by atoms with Crippen molar-refractivity contribution in [1.82, 2.24) is 5.32 Å². The summed E-state index contributed by atoms with van der Waals surface area (Å²) in [4.78, 5) is 1.24. The number of rotatable bonds is 6. The first kappa shape index (κ1) is 14.0. The zero-order chi connectivity index (χ0) is 12.1. The molecule has 0 aliphatic rings. The Morgan fingerprint density at radius 3 is 2.69 bits per heavy atom. The molecule has 1 heterocycles. The Labute approximate surface area is 107 Å². The summed E-state index contributed by atoms with van der Waals surface area (Å²) >= 11 is 8.03. The van der Waals surface area contributed by atoms with Crippen molar-refractivity contribution >= 4 is 22.9 Å². The van der Waals surface area contributed by atoms with E-state index in [0.717, 1.165) is 18.1 Å². The fourth-order valence-corrected chi connectivity index (χ4v) is 3.36. The van der Waals surface area contributed by atoms with Crippen LogP contribution in [-0.4, -0.2) is 20.8 Å². The van der Waals surface area contributed by atoms with Crippen molar-refractivity contribution in [2.24, 2.45) is 5.92 Å². The lowest BCUT2D eigenvalue weighted by molar-refractivity contribution is 0.171. The van der Waals surface area contributed by atoms with E-state index in [9.17, 15) is 0 Å². The molecule has 0 saturated heterocycles. The maximum absolute atomic E-state index is 6.30. The largest absolute Gasteiger partial charge is 0.385 e. The van der Waals surface area contributed by atoms with Gasteiger partial charge in [0.25, 0.3) is 0 Å². The first-order chi connectivity index (χ1) is 7.61. The molecule has 1 aromatic rings. The molecule has 1 N–H and O–H groups in total. The van der Waals surface area contributed by atoms with E-state index in [1.165, 1.54) is 10.4 Å². The van der Waals surface area contributed by atoms with Crippen LogP contribution in [0.15, 0.2) is 5.38 Å². The van der Waals surface area contributed by atoms with Gasteiger partial charge in [-0.1, -0.05) is 18.5 Å². The average molecular weight is 262 g/mol. The number of aryl methyl sites for hydroxylation is 1. The lowest BCUT2D eigenvalue weighted by Crippen LogP contribution is -2.23. The minimum absolute atomic E-state index is 0.321. The lowest BCUT2D eigenvalue weighted by atomic mass is 9.97. The normalized spacial score (nSPS) is 15.1. The van der Waals surface area contributed by atoms with Gasteiger partial charge in [-0.15, -0.1) is 11.3 Å². The molecular formula is C12H20ClNOS. The molecular weight excluding hydrogens is 242 g/mol. The molecule has 2 nitrogen and oxygen atoms in total. The standard InChI is InChI=1S/C12H20ClNOS/c1-8(5-6-15-4)11(14-3)12-10(13)9(2)7-16-12/h7-8,11,14H,5-6H2,1-4H3. The van der Waals surface area contributed by atoms with Gasteiger partial charge in [-0.25, -0.2) is 0 Å². The first-order valence-corrected chi connectivity index (χ1v) is 6.77. The number of hydrogen-bond acceptors (Lipinski definition) is 3. The van der Waals surface area contributed by atoms with Crippen molar-refractivity contribution in [1.29, 1.82) is 0 Å². The van der Waals surface area contributed by atoms with Crippen LogP contribution in [-0.2, 0) is 4.74 Å². The smallest absolute Gasteiger partial charge is 0.0590 e. The molecule has 0 saturated carbocycles. The minimum atomic E-state index is 0.321. The maximum atomic E-state index is 6.30. The Morgan fingerprint density at radius 1 is 1.56 bits per heavy atom. The third kappa shape index (κ3) is 3.20. The van der Waals surface area contributed by atoms with Gasteiger partial charge in [0, 0.05) is 24.6 Å². The summed E-state index contributed by atoms with van der Waals surface area (Å²) in [6.07, 6.45) is 1.04. The number of hydrogen-bond donors (Lipinski definition) is 1. The van der Waals surface area contributed by atoms with Crippen molar-refractivity contribution in [3.05, 3.63) is 20.8 Å². The second-order valence-corrected chi connectivity index (χ2v) is 5.41. The van der Waals surface area contributed by atoms with Gasteiger partial charge in [0.1, 0.15) is 0 Å². The van der Waals surface area contributed by atoms with Crippen LogP contribution < -0.4 is 5.32 Å². The fraction of sp³-hybridized carbons (Fsp3) is 0.667. The zero-order valence-corrected chi connectivity index (χ0v) is 11.9. The highest BCUT2D eigenvalue weighted by Gasteiger charge is 2.22. The minimum Gasteiger partial charge on any atom is -0.385 e. The number of halogens is 1. The molecule has 0 aromatic carbocycles. The molecule has 0 bridgehead atoms. The zero-order valence-electron chi connectivity index (χ0n) is 10.3. The Balaban J connectivity index is 2.77. The van der Waals surface area contributed by atoms with Crippen molar-refractivity contribution in [3.8, 4) is 0 Å². The van der Waals surface area contributed by atoms with Gasteiger partial charge in [0.2, 0.25) is 0 Å². The highest BCUT2D eigenvalue weighted by Crippen LogP contribution is 2.36. The number of methoxy groups -OCH3 is 1. The molecule has 0 fully saturated rings. The van der Waals surface area contributed by atoms with E-state index in [0.29, 0.717) is 12.0 Å². The Bertz CT molecular complexity index is 327. The van der Waals surface area contributed by atoms with Gasteiger partial charge in [0.15, 0.2) is 0 Å².